The summed E-state index contributed by atoms with van der Waals surface area (Å²) in [6.45, 7) is 3.31. The summed E-state index contributed by atoms with van der Waals surface area (Å²) in [6.07, 6.45) is 3.39. The first-order valence-electron chi connectivity index (χ1n) is 8.51. The molecule has 1 aromatic heterocycles. The average Bonchev–Trinajstić information content (AvgIpc) is 2.71. The van der Waals surface area contributed by atoms with E-state index in [0.29, 0.717) is 11.1 Å². The number of phenols is 4. The largest absolute Gasteiger partial charge is 0.508 e. The van der Waals surface area contributed by atoms with Crippen LogP contribution < -0.4 is 0 Å². The van der Waals surface area contributed by atoms with Crippen LogP contribution in [0.4, 0.5) is 0 Å². The standard InChI is InChI=1S/C8H6N2.2C7H8O2/c1-2-4-8-7(3-1)9-5-6-10-8;2*1-5-6(8)3-2-4-7(5)9/h1-6H;2*2-4,8-9H,1H3. The zero-order valence-corrected chi connectivity index (χ0v) is 15.6. The Kier molecular flexibility index (Phi) is 7.16. The van der Waals surface area contributed by atoms with Gasteiger partial charge in [0.2, 0.25) is 0 Å². The zero-order chi connectivity index (χ0) is 20.5. The molecule has 0 unspecified atom stereocenters. The van der Waals surface area contributed by atoms with Crippen molar-refractivity contribution in [3.8, 4) is 23.0 Å². The molecule has 6 nitrogen and oxygen atoms in total. The smallest absolute Gasteiger partial charge is 0.122 e. The lowest BCUT2D eigenvalue weighted by Crippen LogP contribution is -1.78. The normalized spacial score (nSPS) is 9.64. The number of nitrogens with zero attached hydrogens (tertiary/aromatic N) is 2. The Hall–Kier alpha value is -3.80. The molecule has 0 aliphatic rings. The van der Waals surface area contributed by atoms with Crippen LogP contribution in [0.25, 0.3) is 11.0 Å². The molecule has 0 aliphatic heterocycles. The van der Waals surface area contributed by atoms with Gasteiger partial charge in [-0.15, -0.1) is 0 Å². The van der Waals surface area contributed by atoms with E-state index in [4.69, 9.17) is 20.4 Å². The van der Waals surface area contributed by atoms with Gasteiger partial charge in [0, 0.05) is 23.5 Å². The van der Waals surface area contributed by atoms with Gasteiger partial charge in [0.1, 0.15) is 23.0 Å². The maximum atomic E-state index is 8.94. The van der Waals surface area contributed by atoms with Crippen LogP contribution in [0.5, 0.6) is 23.0 Å². The molecule has 0 saturated carbocycles. The Morgan fingerprint density at radius 2 is 0.821 bits per heavy atom. The summed E-state index contributed by atoms with van der Waals surface area (Å²) in [4.78, 5) is 8.24. The Balaban J connectivity index is 0.000000151. The van der Waals surface area contributed by atoms with E-state index in [0.717, 1.165) is 11.0 Å². The molecule has 0 spiro atoms. The molecule has 0 radical (unpaired) electrons. The van der Waals surface area contributed by atoms with Gasteiger partial charge in [-0.05, 0) is 50.2 Å². The summed E-state index contributed by atoms with van der Waals surface area (Å²) < 4.78 is 0. The number of hydrogen-bond acceptors (Lipinski definition) is 6. The minimum absolute atomic E-state index is 0.134. The Morgan fingerprint density at radius 1 is 0.500 bits per heavy atom. The van der Waals surface area contributed by atoms with Crippen LogP contribution in [0.3, 0.4) is 0 Å². The highest BCUT2D eigenvalue weighted by Gasteiger charge is 1.98. The second kappa shape index (κ2) is 9.78. The minimum Gasteiger partial charge on any atom is -0.508 e. The first-order valence-corrected chi connectivity index (χ1v) is 8.51. The number of hydrogen-bond donors (Lipinski definition) is 4. The fourth-order valence-corrected chi connectivity index (χ4v) is 2.13. The van der Waals surface area contributed by atoms with Gasteiger partial charge in [0.15, 0.2) is 0 Å². The first-order chi connectivity index (χ1) is 13.4. The predicted molar refractivity (Wildman–Crippen MR) is 109 cm³/mol. The third-order valence-corrected chi connectivity index (χ3v) is 3.93. The van der Waals surface area contributed by atoms with E-state index in [9.17, 15) is 0 Å². The van der Waals surface area contributed by atoms with Gasteiger partial charge < -0.3 is 20.4 Å². The molecule has 0 atom stereocenters. The summed E-state index contributed by atoms with van der Waals surface area (Å²) in [5.74, 6) is 0.537. The van der Waals surface area contributed by atoms with E-state index in [-0.39, 0.29) is 23.0 Å². The topological polar surface area (TPSA) is 107 Å². The molecule has 0 amide bonds. The number of aromatic hydroxyl groups is 4. The van der Waals surface area contributed by atoms with Crippen LogP contribution in [-0.2, 0) is 0 Å². The average molecular weight is 378 g/mol. The van der Waals surface area contributed by atoms with Gasteiger partial charge in [0.05, 0.1) is 11.0 Å². The lowest BCUT2D eigenvalue weighted by Gasteiger charge is -1.98. The number of aromatic nitrogens is 2. The van der Waals surface area contributed by atoms with Gasteiger partial charge >= 0.3 is 0 Å². The van der Waals surface area contributed by atoms with E-state index in [1.165, 1.54) is 24.3 Å². The van der Waals surface area contributed by atoms with Gasteiger partial charge in [-0.25, -0.2) is 0 Å². The zero-order valence-electron chi connectivity index (χ0n) is 15.6. The molecule has 3 aromatic carbocycles. The molecule has 6 heteroatoms. The Labute approximate surface area is 163 Å². The summed E-state index contributed by atoms with van der Waals surface area (Å²) in [5.41, 5.74) is 2.95. The first kappa shape index (κ1) is 20.5. The van der Waals surface area contributed by atoms with Gasteiger partial charge in [-0.2, -0.15) is 0 Å². The highest BCUT2D eigenvalue weighted by atomic mass is 16.3. The van der Waals surface area contributed by atoms with E-state index in [1.807, 2.05) is 24.3 Å². The van der Waals surface area contributed by atoms with Gasteiger partial charge in [0.25, 0.3) is 0 Å². The van der Waals surface area contributed by atoms with Crippen LogP contribution in [0, 0.1) is 13.8 Å². The van der Waals surface area contributed by atoms with E-state index in [1.54, 1.807) is 38.4 Å². The van der Waals surface area contributed by atoms with Crippen molar-refractivity contribution in [3.05, 3.63) is 84.2 Å². The molecule has 144 valence electrons. The molecule has 4 rings (SSSR count). The van der Waals surface area contributed by atoms with E-state index in [2.05, 4.69) is 9.97 Å². The van der Waals surface area contributed by atoms with Crippen molar-refractivity contribution in [2.24, 2.45) is 0 Å². The summed E-state index contributed by atoms with van der Waals surface area (Å²) in [5, 5.41) is 35.8. The highest BCUT2D eigenvalue weighted by molar-refractivity contribution is 5.72. The van der Waals surface area contributed by atoms with Crippen molar-refractivity contribution in [1.82, 2.24) is 9.97 Å². The van der Waals surface area contributed by atoms with Crippen LogP contribution in [-0.4, -0.2) is 30.4 Å². The minimum atomic E-state index is 0.134. The highest BCUT2D eigenvalue weighted by Crippen LogP contribution is 2.24. The Bertz CT molecular complexity index is 896. The SMILES string of the molecule is Cc1c(O)cccc1O.Cc1c(O)cccc1O.c1ccc2nccnc2c1. The number of fused-ring (bicyclic) bond motifs is 1. The monoisotopic (exact) mass is 378 g/mol. The maximum absolute atomic E-state index is 8.94. The molecular formula is C22H22N2O4. The molecule has 0 bridgehead atoms. The number of para-hydroxylation sites is 2. The van der Waals surface area contributed by atoms with Crippen LogP contribution in [0.2, 0.25) is 0 Å². The lowest BCUT2D eigenvalue weighted by molar-refractivity contribution is 0.442. The third-order valence-electron chi connectivity index (χ3n) is 3.93. The van der Waals surface area contributed by atoms with Crippen molar-refractivity contribution in [1.29, 1.82) is 0 Å². The van der Waals surface area contributed by atoms with Crippen LogP contribution >= 0.6 is 0 Å². The van der Waals surface area contributed by atoms with Crippen LogP contribution in [0.15, 0.2) is 73.1 Å². The quantitative estimate of drug-likeness (QED) is 0.360. The molecule has 0 fully saturated rings. The van der Waals surface area contributed by atoms with Crippen molar-refractivity contribution in [2.45, 2.75) is 13.8 Å². The summed E-state index contributed by atoms with van der Waals surface area (Å²) in [7, 11) is 0. The molecule has 4 N–H and O–H groups in total. The molecule has 1 heterocycles. The van der Waals surface area contributed by atoms with E-state index >= 15 is 0 Å². The number of phenolic OH excluding ortho intramolecular Hbond substituents is 4. The lowest BCUT2D eigenvalue weighted by atomic mass is 10.2. The second-order valence-corrected chi connectivity index (χ2v) is 5.89. The second-order valence-electron chi connectivity index (χ2n) is 5.89. The molecule has 4 aromatic rings. The molecule has 0 aliphatic carbocycles. The fourth-order valence-electron chi connectivity index (χ4n) is 2.13. The summed E-state index contributed by atoms with van der Waals surface area (Å²) >= 11 is 0. The van der Waals surface area contributed by atoms with Crippen molar-refractivity contribution in [2.75, 3.05) is 0 Å². The Morgan fingerprint density at radius 3 is 1.11 bits per heavy atom. The summed E-state index contributed by atoms with van der Waals surface area (Å²) in [6, 6.07) is 17.1. The number of rotatable bonds is 0. The van der Waals surface area contributed by atoms with Crippen LogP contribution in [0.1, 0.15) is 11.1 Å². The van der Waals surface area contributed by atoms with Crippen molar-refractivity contribution >= 4 is 11.0 Å². The fraction of sp³-hybridized carbons (Fsp3) is 0.0909. The molecular weight excluding hydrogens is 356 g/mol. The van der Waals surface area contributed by atoms with E-state index < -0.39 is 0 Å². The maximum Gasteiger partial charge on any atom is 0.122 e. The van der Waals surface area contributed by atoms with Crippen molar-refractivity contribution in [3.63, 3.8) is 0 Å². The van der Waals surface area contributed by atoms with Gasteiger partial charge in [-0.3, -0.25) is 9.97 Å². The van der Waals surface area contributed by atoms with Gasteiger partial charge in [-0.1, -0.05) is 24.3 Å². The predicted octanol–water partition coefficient (Wildman–Crippen LogP) is 4.44. The van der Waals surface area contributed by atoms with Crippen molar-refractivity contribution < 1.29 is 20.4 Å². The molecule has 0 saturated heterocycles. The third kappa shape index (κ3) is 5.60. The number of benzene rings is 3. The molecule has 28 heavy (non-hydrogen) atoms.